The number of piperazine rings is 1. The van der Waals surface area contributed by atoms with Crippen molar-refractivity contribution < 1.29 is 14.4 Å². The number of nitrogens with one attached hydrogen (secondary N) is 2. The average Bonchev–Trinajstić information content (AvgIpc) is 2.49. The van der Waals surface area contributed by atoms with Gasteiger partial charge in [0.15, 0.2) is 0 Å². The maximum atomic E-state index is 12.7. The maximum absolute atomic E-state index is 12.7. The van der Waals surface area contributed by atoms with Crippen LogP contribution in [0.1, 0.15) is 45.4 Å². The van der Waals surface area contributed by atoms with Gasteiger partial charge in [0, 0.05) is 6.04 Å². The Morgan fingerprint density at radius 1 is 1.14 bits per heavy atom. The summed E-state index contributed by atoms with van der Waals surface area (Å²) in [6.45, 7) is 1.66. The van der Waals surface area contributed by atoms with Crippen LogP contribution in [0.2, 0.25) is 0 Å². The summed E-state index contributed by atoms with van der Waals surface area (Å²) in [5.41, 5.74) is 0. The lowest BCUT2D eigenvalue weighted by Crippen LogP contribution is -2.63. The van der Waals surface area contributed by atoms with Gasteiger partial charge < -0.3 is 10.2 Å². The number of carbonyl (C=O) groups is 3. The van der Waals surface area contributed by atoms with Crippen LogP contribution in [0.5, 0.6) is 0 Å². The average molecular weight is 293 g/mol. The molecular weight excluding hydrogens is 270 g/mol. The van der Waals surface area contributed by atoms with Crippen molar-refractivity contribution in [3.05, 3.63) is 0 Å². The largest absolute Gasteiger partial charge is 0.320 e. The molecule has 6 nitrogen and oxygen atoms in total. The normalized spacial score (nSPS) is 36.9. The van der Waals surface area contributed by atoms with E-state index in [0.29, 0.717) is 12.0 Å². The number of imide groups is 1. The first-order valence-corrected chi connectivity index (χ1v) is 7.96. The van der Waals surface area contributed by atoms with E-state index in [0.717, 1.165) is 19.3 Å². The lowest BCUT2D eigenvalue weighted by Gasteiger charge is -2.42. The van der Waals surface area contributed by atoms with Crippen LogP contribution in [0.4, 0.5) is 0 Å². The molecule has 21 heavy (non-hydrogen) atoms. The fourth-order valence-electron chi connectivity index (χ4n) is 3.87. The van der Waals surface area contributed by atoms with E-state index in [1.54, 1.807) is 6.92 Å². The molecule has 0 aromatic heterocycles. The molecule has 0 spiro atoms. The highest BCUT2D eigenvalue weighted by Gasteiger charge is 2.40. The van der Waals surface area contributed by atoms with Crippen LogP contribution < -0.4 is 10.6 Å². The van der Waals surface area contributed by atoms with E-state index in [4.69, 9.17) is 0 Å². The van der Waals surface area contributed by atoms with E-state index in [9.17, 15) is 14.4 Å². The van der Waals surface area contributed by atoms with Crippen molar-refractivity contribution in [2.45, 2.75) is 63.6 Å². The second-order valence-electron chi connectivity index (χ2n) is 6.50. The quantitative estimate of drug-likeness (QED) is 0.676. The number of hydrogen-bond acceptors (Lipinski definition) is 4. The van der Waals surface area contributed by atoms with Crippen molar-refractivity contribution in [3.8, 4) is 0 Å². The van der Waals surface area contributed by atoms with Gasteiger partial charge in [0.05, 0.1) is 6.04 Å². The zero-order valence-electron chi connectivity index (χ0n) is 12.4. The zero-order valence-corrected chi connectivity index (χ0v) is 12.4. The van der Waals surface area contributed by atoms with Crippen LogP contribution in [-0.2, 0) is 14.4 Å². The van der Waals surface area contributed by atoms with Gasteiger partial charge in [-0.05, 0) is 38.5 Å². The number of nitrogens with zero attached hydrogens (tertiary/aromatic N) is 1. The van der Waals surface area contributed by atoms with Crippen LogP contribution in [0.25, 0.3) is 0 Å². The highest BCUT2D eigenvalue weighted by atomic mass is 16.2. The number of hydrogen-bond donors (Lipinski definition) is 2. The SMILES string of the molecule is CC1C(=O)NC(=O)CN1C(=O)C1CCC2CCCCC2N1. The number of amides is 3. The molecule has 2 N–H and O–H groups in total. The topological polar surface area (TPSA) is 78.5 Å². The Bertz CT molecular complexity index is 465. The van der Waals surface area contributed by atoms with Gasteiger partial charge in [-0.2, -0.15) is 0 Å². The first-order chi connectivity index (χ1) is 10.1. The Balaban J connectivity index is 1.67. The number of piperidine rings is 1. The first kappa shape index (κ1) is 14.5. The summed E-state index contributed by atoms with van der Waals surface area (Å²) in [5.74, 6) is -0.190. The molecule has 4 atom stereocenters. The second kappa shape index (κ2) is 5.75. The van der Waals surface area contributed by atoms with Crippen molar-refractivity contribution in [1.82, 2.24) is 15.5 Å². The smallest absolute Gasteiger partial charge is 0.249 e. The van der Waals surface area contributed by atoms with Crippen LogP contribution in [-0.4, -0.2) is 47.3 Å². The third-order valence-corrected chi connectivity index (χ3v) is 5.16. The third-order valence-electron chi connectivity index (χ3n) is 5.16. The van der Waals surface area contributed by atoms with E-state index < -0.39 is 11.9 Å². The maximum Gasteiger partial charge on any atom is 0.249 e. The fourth-order valence-corrected chi connectivity index (χ4v) is 3.87. The van der Waals surface area contributed by atoms with E-state index in [1.807, 2.05) is 0 Å². The van der Waals surface area contributed by atoms with Gasteiger partial charge in [-0.1, -0.05) is 12.8 Å². The predicted molar refractivity (Wildman–Crippen MR) is 76.2 cm³/mol. The van der Waals surface area contributed by atoms with E-state index in [-0.39, 0.29) is 24.4 Å². The molecule has 0 bridgehead atoms. The Morgan fingerprint density at radius 3 is 2.71 bits per heavy atom. The highest BCUT2D eigenvalue weighted by molar-refractivity contribution is 6.04. The molecule has 0 radical (unpaired) electrons. The van der Waals surface area contributed by atoms with Crippen LogP contribution in [0, 0.1) is 5.92 Å². The Morgan fingerprint density at radius 2 is 1.90 bits per heavy atom. The van der Waals surface area contributed by atoms with E-state index >= 15 is 0 Å². The Labute approximate surface area is 124 Å². The van der Waals surface area contributed by atoms with E-state index in [1.165, 1.54) is 24.2 Å². The standard InChI is InChI=1S/C15H23N3O3/c1-9-14(20)17-13(19)8-18(9)15(21)12-7-6-10-4-2-3-5-11(10)16-12/h9-12,16H,2-8H2,1H3,(H,17,19,20). The van der Waals surface area contributed by atoms with Gasteiger partial charge in [0.2, 0.25) is 17.7 Å². The fraction of sp³-hybridized carbons (Fsp3) is 0.800. The first-order valence-electron chi connectivity index (χ1n) is 7.96. The molecule has 3 amide bonds. The minimum Gasteiger partial charge on any atom is -0.320 e. The van der Waals surface area contributed by atoms with Gasteiger partial charge in [0.1, 0.15) is 12.6 Å². The lowest BCUT2D eigenvalue weighted by molar-refractivity contribution is -0.151. The summed E-state index contributed by atoms with van der Waals surface area (Å²) >= 11 is 0. The van der Waals surface area contributed by atoms with Crippen molar-refractivity contribution in [2.24, 2.45) is 5.92 Å². The molecule has 1 aliphatic carbocycles. The van der Waals surface area contributed by atoms with Crippen molar-refractivity contribution in [3.63, 3.8) is 0 Å². The second-order valence-corrected chi connectivity index (χ2v) is 6.50. The molecule has 2 aliphatic heterocycles. The van der Waals surface area contributed by atoms with Gasteiger partial charge >= 0.3 is 0 Å². The van der Waals surface area contributed by atoms with Crippen LogP contribution in [0.3, 0.4) is 0 Å². The summed E-state index contributed by atoms with van der Waals surface area (Å²) in [4.78, 5) is 37.3. The van der Waals surface area contributed by atoms with Crippen molar-refractivity contribution >= 4 is 17.7 Å². The Hall–Kier alpha value is -1.43. The minimum atomic E-state index is -0.568. The monoisotopic (exact) mass is 293 g/mol. The number of fused-ring (bicyclic) bond motifs is 1. The molecule has 4 unspecified atom stereocenters. The summed E-state index contributed by atoms with van der Waals surface area (Å²) in [7, 11) is 0. The van der Waals surface area contributed by atoms with Gasteiger partial charge in [-0.25, -0.2) is 0 Å². The van der Waals surface area contributed by atoms with Gasteiger partial charge in [-0.15, -0.1) is 0 Å². The summed E-state index contributed by atoms with van der Waals surface area (Å²) in [5, 5.41) is 5.74. The molecule has 1 saturated carbocycles. The lowest BCUT2D eigenvalue weighted by atomic mass is 9.77. The van der Waals surface area contributed by atoms with E-state index in [2.05, 4.69) is 10.6 Å². The van der Waals surface area contributed by atoms with Gasteiger partial charge in [0.25, 0.3) is 0 Å². The molecule has 2 saturated heterocycles. The van der Waals surface area contributed by atoms with Gasteiger partial charge in [-0.3, -0.25) is 19.7 Å². The van der Waals surface area contributed by atoms with Crippen LogP contribution >= 0.6 is 0 Å². The molecule has 0 aromatic carbocycles. The highest BCUT2D eigenvalue weighted by Crippen LogP contribution is 2.32. The number of rotatable bonds is 1. The summed E-state index contributed by atoms with van der Waals surface area (Å²) in [6.07, 6.45) is 6.76. The molecule has 3 rings (SSSR count). The molecule has 3 aliphatic rings. The molecule has 3 fully saturated rings. The molecule has 0 aromatic rings. The molecule has 116 valence electrons. The summed E-state index contributed by atoms with van der Waals surface area (Å²) in [6, 6.07) is -0.391. The molecule has 6 heteroatoms. The minimum absolute atomic E-state index is 0.0159. The van der Waals surface area contributed by atoms with Crippen molar-refractivity contribution in [1.29, 1.82) is 0 Å². The number of carbonyl (C=O) groups excluding carboxylic acids is 3. The third kappa shape index (κ3) is 2.81. The van der Waals surface area contributed by atoms with Crippen LogP contribution in [0.15, 0.2) is 0 Å². The molecular formula is C15H23N3O3. The molecule has 2 heterocycles. The van der Waals surface area contributed by atoms with Crippen molar-refractivity contribution in [2.75, 3.05) is 6.54 Å². The zero-order chi connectivity index (χ0) is 15.0. The predicted octanol–water partition coefficient (Wildman–Crippen LogP) is 0.171. The summed E-state index contributed by atoms with van der Waals surface area (Å²) < 4.78 is 0. The Kier molecular flexibility index (Phi) is 3.97.